The number of rotatable bonds is 2. The first-order valence-corrected chi connectivity index (χ1v) is 2.55. The molecule has 2 nitrogen and oxygen atoms in total. The van der Waals surface area contributed by atoms with Crippen molar-refractivity contribution in [1.82, 2.24) is 0 Å². The molecule has 0 spiro atoms. The lowest BCUT2D eigenvalue weighted by Crippen LogP contribution is -2.26. The molecule has 0 aromatic heterocycles. The maximum atomic E-state index is 8.43. The second-order valence-electron chi connectivity index (χ2n) is 2.02. The first kappa shape index (κ1) is 10.8. The first-order valence-electron chi connectivity index (χ1n) is 2.55. The number of hydrogen-bond acceptors (Lipinski definition) is 2. The van der Waals surface area contributed by atoms with Crippen LogP contribution >= 0.6 is 0 Å². The largest absolute Gasteiger partial charge is 0.396 e. The summed E-state index contributed by atoms with van der Waals surface area (Å²) in [5, 5.41) is 8.43. The highest BCUT2D eigenvalue weighted by Crippen LogP contribution is 1.95. The zero-order chi connectivity index (χ0) is 5.86. The van der Waals surface area contributed by atoms with Gasteiger partial charge < -0.3 is 10.8 Å². The summed E-state index contributed by atoms with van der Waals surface area (Å²) in [6.07, 6.45) is 0. The van der Waals surface area contributed by atoms with Gasteiger partial charge in [-0.05, 0) is 12.8 Å². The van der Waals surface area contributed by atoms with Crippen molar-refractivity contribution in [3.8, 4) is 0 Å². The molecule has 3 N–H and O–H groups in total. The van der Waals surface area contributed by atoms with Crippen molar-refractivity contribution in [3.63, 3.8) is 0 Å². The maximum absolute atomic E-state index is 8.43. The summed E-state index contributed by atoms with van der Waals surface area (Å²) >= 11 is 0. The second-order valence-corrected chi connectivity index (χ2v) is 2.02. The van der Waals surface area contributed by atoms with Crippen molar-refractivity contribution in [2.45, 2.75) is 27.3 Å². The summed E-state index contributed by atoms with van der Waals surface area (Å²) in [6, 6.07) is 0.116. The molecule has 0 radical (unpaired) electrons. The molecule has 0 rings (SSSR count). The van der Waals surface area contributed by atoms with Gasteiger partial charge in [0.1, 0.15) is 0 Å². The molecule has 0 aliphatic rings. The number of aliphatic hydroxyl groups is 1. The zero-order valence-corrected chi connectivity index (χ0v) is 4.89. The summed E-state index contributed by atoms with van der Waals surface area (Å²) in [4.78, 5) is 0. The predicted octanol–water partition coefficient (Wildman–Crippen LogP) is 0.598. The fourth-order valence-electron chi connectivity index (χ4n) is 0.166. The minimum Gasteiger partial charge on any atom is -0.396 e. The van der Waals surface area contributed by atoms with E-state index in [0.29, 0.717) is 0 Å². The maximum Gasteiger partial charge on any atom is 0.0471 e. The van der Waals surface area contributed by atoms with Crippen molar-refractivity contribution in [3.05, 3.63) is 0 Å². The normalized spacial score (nSPS) is 16.5. The molecular formula is C6H17NO. The Hall–Kier alpha value is -0.0800. The Morgan fingerprint density at radius 3 is 1.88 bits per heavy atom. The molecule has 8 heavy (non-hydrogen) atoms. The highest BCUT2D eigenvalue weighted by molar-refractivity contribution is 4.60. The third kappa shape index (κ3) is 4.09. The fraction of sp³-hybridized carbons (Fsp3) is 1.00. The molecule has 0 aliphatic carbocycles. The average molecular weight is 119 g/mol. The van der Waals surface area contributed by atoms with Gasteiger partial charge in [0.2, 0.25) is 0 Å². The molecule has 52 valence electrons. The Labute approximate surface area is 51.7 Å². The van der Waals surface area contributed by atoms with Gasteiger partial charge in [0.25, 0.3) is 0 Å². The standard InChI is InChI=1S/C5H13NO.CH4/c1-4(3-7)5(2)6;/h4-5,7H,3,6H2,1-2H3;1H4. The van der Waals surface area contributed by atoms with Crippen molar-refractivity contribution in [2.75, 3.05) is 6.61 Å². The van der Waals surface area contributed by atoms with Crippen LogP contribution in [0.5, 0.6) is 0 Å². The van der Waals surface area contributed by atoms with E-state index in [4.69, 9.17) is 10.8 Å². The Balaban J connectivity index is 0. The molecule has 0 bridgehead atoms. The third-order valence-corrected chi connectivity index (χ3v) is 1.19. The minimum atomic E-state index is 0. The van der Waals surface area contributed by atoms with Gasteiger partial charge >= 0.3 is 0 Å². The monoisotopic (exact) mass is 119 g/mol. The Morgan fingerprint density at radius 2 is 1.88 bits per heavy atom. The van der Waals surface area contributed by atoms with E-state index in [9.17, 15) is 0 Å². The third-order valence-electron chi connectivity index (χ3n) is 1.19. The van der Waals surface area contributed by atoms with E-state index in [1.54, 1.807) is 0 Å². The van der Waals surface area contributed by atoms with Gasteiger partial charge in [0.15, 0.2) is 0 Å². The van der Waals surface area contributed by atoms with E-state index in [-0.39, 0.29) is 26.0 Å². The van der Waals surface area contributed by atoms with Gasteiger partial charge in [0, 0.05) is 12.6 Å². The SMILES string of the molecule is C.CC(N)C(C)CO. The van der Waals surface area contributed by atoms with Gasteiger partial charge in [-0.25, -0.2) is 0 Å². The van der Waals surface area contributed by atoms with Crippen molar-refractivity contribution in [2.24, 2.45) is 11.7 Å². The summed E-state index contributed by atoms with van der Waals surface area (Å²) in [5.74, 6) is 0.236. The van der Waals surface area contributed by atoms with Crippen LogP contribution in [-0.4, -0.2) is 17.8 Å². The summed E-state index contributed by atoms with van der Waals surface area (Å²) in [5.41, 5.74) is 5.39. The lowest BCUT2D eigenvalue weighted by atomic mass is 10.1. The van der Waals surface area contributed by atoms with Crippen LogP contribution in [-0.2, 0) is 0 Å². The molecule has 0 fully saturated rings. The number of aliphatic hydroxyl groups excluding tert-OH is 1. The topological polar surface area (TPSA) is 46.2 Å². The van der Waals surface area contributed by atoms with E-state index in [1.807, 2.05) is 13.8 Å². The molecule has 0 aliphatic heterocycles. The van der Waals surface area contributed by atoms with Crippen LogP contribution in [0.1, 0.15) is 21.3 Å². The van der Waals surface area contributed by atoms with E-state index in [0.717, 1.165) is 0 Å². The highest BCUT2D eigenvalue weighted by atomic mass is 16.3. The number of nitrogens with two attached hydrogens (primary N) is 1. The molecule has 0 saturated carbocycles. The lowest BCUT2D eigenvalue weighted by molar-refractivity contribution is 0.221. The molecule has 2 heteroatoms. The predicted molar refractivity (Wildman–Crippen MR) is 36.6 cm³/mol. The van der Waals surface area contributed by atoms with E-state index < -0.39 is 0 Å². The molecule has 0 amide bonds. The van der Waals surface area contributed by atoms with Crippen LogP contribution < -0.4 is 5.73 Å². The lowest BCUT2D eigenvalue weighted by Gasteiger charge is -2.09. The summed E-state index contributed by atoms with van der Waals surface area (Å²) in [7, 11) is 0. The fourth-order valence-corrected chi connectivity index (χ4v) is 0.166. The van der Waals surface area contributed by atoms with Crippen molar-refractivity contribution < 1.29 is 5.11 Å². The highest BCUT2D eigenvalue weighted by Gasteiger charge is 2.02. The minimum absolute atomic E-state index is 0. The van der Waals surface area contributed by atoms with E-state index in [1.165, 1.54) is 0 Å². The van der Waals surface area contributed by atoms with Crippen LogP contribution in [0.25, 0.3) is 0 Å². The molecule has 0 aromatic rings. The molecule has 2 unspecified atom stereocenters. The van der Waals surface area contributed by atoms with Gasteiger partial charge in [-0.2, -0.15) is 0 Å². The Morgan fingerprint density at radius 1 is 1.50 bits per heavy atom. The molecule has 2 atom stereocenters. The first-order chi connectivity index (χ1) is 3.18. The van der Waals surface area contributed by atoms with Crippen LogP contribution in [0.4, 0.5) is 0 Å². The van der Waals surface area contributed by atoms with Gasteiger partial charge in [-0.3, -0.25) is 0 Å². The molecular weight excluding hydrogens is 102 g/mol. The molecule has 0 saturated heterocycles. The quantitative estimate of drug-likeness (QED) is 0.559. The van der Waals surface area contributed by atoms with Gasteiger partial charge in [-0.15, -0.1) is 0 Å². The Bertz CT molecular complexity index is 45.8. The number of hydrogen-bond donors (Lipinski definition) is 2. The van der Waals surface area contributed by atoms with Crippen LogP contribution in [0.3, 0.4) is 0 Å². The average Bonchev–Trinajstić information content (AvgIpc) is 1.65. The zero-order valence-electron chi connectivity index (χ0n) is 4.89. The van der Waals surface area contributed by atoms with E-state index in [2.05, 4.69) is 0 Å². The van der Waals surface area contributed by atoms with E-state index >= 15 is 0 Å². The van der Waals surface area contributed by atoms with Gasteiger partial charge in [0.05, 0.1) is 0 Å². The second kappa shape index (κ2) is 5.06. The summed E-state index contributed by atoms with van der Waals surface area (Å²) in [6.45, 7) is 4.00. The van der Waals surface area contributed by atoms with Crippen molar-refractivity contribution >= 4 is 0 Å². The van der Waals surface area contributed by atoms with Gasteiger partial charge in [-0.1, -0.05) is 14.4 Å². The smallest absolute Gasteiger partial charge is 0.0471 e. The van der Waals surface area contributed by atoms with Crippen LogP contribution in [0, 0.1) is 5.92 Å². The molecule has 0 heterocycles. The summed E-state index contributed by atoms with van der Waals surface area (Å²) < 4.78 is 0. The van der Waals surface area contributed by atoms with Crippen molar-refractivity contribution in [1.29, 1.82) is 0 Å². The Kier molecular flexibility index (Phi) is 6.85. The van der Waals surface area contributed by atoms with Crippen LogP contribution in [0.2, 0.25) is 0 Å². The van der Waals surface area contributed by atoms with Crippen LogP contribution in [0.15, 0.2) is 0 Å². The molecule has 0 aromatic carbocycles.